The average molecular weight is 258 g/mol. The van der Waals surface area contributed by atoms with Crippen LogP contribution in [0.25, 0.3) is 10.2 Å². The molecule has 6 heteroatoms. The molecule has 0 spiro atoms. The number of amides is 1. The summed E-state index contributed by atoms with van der Waals surface area (Å²) < 4.78 is 1.06. The summed E-state index contributed by atoms with van der Waals surface area (Å²) in [5.74, 6) is -0.233. The Morgan fingerprint density at radius 2 is 2.33 bits per heavy atom. The molecule has 2 heterocycles. The molecule has 0 unspecified atom stereocenters. The second-order valence-corrected chi connectivity index (χ2v) is 4.94. The van der Waals surface area contributed by atoms with Crippen molar-refractivity contribution < 1.29 is 4.79 Å². The van der Waals surface area contributed by atoms with E-state index < -0.39 is 0 Å². The lowest BCUT2D eigenvalue weighted by Gasteiger charge is -1.96. The van der Waals surface area contributed by atoms with E-state index in [1.807, 2.05) is 19.1 Å². The second kappa shape index (κ2) is 4.23. The standard InChI is InChI=1S/C12H10N4OS/c1-7-2-3-8-10(4-7)18-12(15-8)16-11(17)9-5-13-6-14-9/h2-6H,1H3,(H,13,14)(H,15,16,17). The van der Waals surface area contributed by atoms with Gasteiger partial charge in [0.25, 0.3) is 5.91 Å². The zero-order chi connectivity index (χ0) is 12.5. The average Bonchev–Trinajstić information content (AvgIpc) is 2.95. The van der Waals surface area contributed by atoms with Crippen molar-refractivity contribution in [2.75, 3.05) is 5.32 Å². The minimum Gasteiger partial charge on any atom is -0.341 e. The van der Waals surface area contributed by atoms with Crippen molar-refractivity contribution in [1.82, 2.24) is 15.0 Å². The first-order chi connectivity index (χ1) is 8.72. The molecule has 0 aliphatic heterocycles. The third kappa shape index (κ3) is 1.98. The van der Waals surface area contributed by atoms with Gasteiger partial charge in [0.1, 0.15) is 5.69 Å². The maximum absolute atomic E-state index is 11.8. The lowest BCUT2D eigenvalue weighted by Crippen LogP contribution is -2.11. The summed E-state index contributed by atoms with van der Waals surface area (Å²) in [4.78, 5) is 22.7. The summed E-state index contributed by atoms with van der Waals surface area (Å²) in [6, 6.07) is 6.01. The summed E-state index contributed by atoms with van der Waals surface area (Å²) in [6.45, 7) is 2.03. The fourth-order valence-electron chi connectivity index (χ4n) is 1.63. The SMILES string of the molecule is Cc1ccc2nc(NC(=O)c3cnc[nH]3)sc2c1. The zero-order valence-corrected chi connectivity index (χ0v) is 10.4. The normalized spacial score (nSPS) is 10.7. The number of thiazole rings is 1. The van der Waals surface area contributed by atoms with Gasteiger partial charge in [0, 0.05) is 0 Å². The zero-order valence-electron chi connectivity index (χ0n) is 9.60. The summed E-state index contributed by atoms with van der Waals surface area (Å²) in [5.41, 5.74) is 2.49. The molecule has 2 N–H and O–H groups in total. The molecule has 2 aromatic heterocycles. The quantitative estimate of drug-likeness (QED) is 0.742. The topological polar surface area (TPSA) is 70.7 Å². The van der Waals surface area contributed by atoms with Gasteiger partial charge in [0.05, 0.1) is 22.7 Å². The Kier molecular flexibility index (Phi) is 2.56. The van der Waals surface area contributed by atoms with Crippen molar-refractivity contribution in [2.24, 2.45) is 0 Å². The Bertz CT molecular complexity index is 702. The Hall–Kier alpha value is -2.21. The highest BCUT2D eigenvalue weighted by molar-refractivity contribution is 7.22. The van der Waals surface area contributed by atoms with Crippen molar-refractivity contribution in [2.45, 2.75) is 6.92 Å². The number of imidazole rings is 1. The van der Waals surface area contributed by atoms with E-state index in [1.54, 1.807) is 0 Å². The monoisotopic (exact) mass is 258 g/mol. The molecule has 18 heavy (non-hydrogen) atoms. The molecule has 0 saturated carbocycles. The summed E-state index contributed by atoms with van der Waals surface area (Å²) in [5, 5.41) is 3.34. The van der Waals surface area contributed by atoms with Crippen LogP contribution in [0.5, 0.6) is 0 Å². The molecule has 1 amide bonds. The van der Waals surface area contributed by atoms with Crippen LogP contribution in [0.15, 0.2) is 30.7 Å². The van der Waals surface area contributed by atoms with Crippen LogP contribution in [0.4, 0.5) is 5.13 Å². The number of carbonyl (C=O) groups excluding carboxylic acids is 1. The van der Waals surface area contributed by atoms with Gasteiger partial charge >= 0.3 is 0 Å². The van der Waals surface area contributed by atoms with E-state index in [0.717, 1.165) is 10.2 Å². The first-order valence-electron chi connectivity index (χ1n) is 5.39. The predicted octanol–water partition coefficient (Wildman–Crippen LogP) is 2.58. The predicted molar refractivity (Wildman–Crippen MR) is 70.9 cm³/mol. The van der Waals surface area contributed by atoms with E-state index in [1.165, 1.54) is 29.4 Å². The Balaban J connectivity index is 1.89. The van der Waals surface area contributed by atoms with Crippen LogP contribution in [-0.4, -0.2) is 20.9 Å². The van der Waals surface area contributed by atoms with Gasteiger partial charge in [-0.3, -0.25) is 10.1 Å². The lowest BCUT2D eigenvalue weighted by atomic mass is 10.2. The molecule has 0 atom stereocenters. The van der Waals surface area contributed by atoms with Crippen molar-refractivity contribution in [3.05, 3.63) is 42.0 Å². The minimum absolute atomic E-state index is 0.233. The molecule has 0 aliphatic rings. The summed E-state index contributed by atoms with van der Waals surface area (Å²) >= 11 is 1.46. The molecule has 0 saturated heterocycles. The fourth-order valence-corrected chi connectivity index (χ4v) is 2.59. The number of carbonyl (C=O) groups is 1. The largest absolute Gasteiger partial charge is 0.341 e. The van der Waals surface area contributed by atoms with Gasteiger partial charge < -0.3 is 4.98 Å². The third-order valence-corrected chi connectivity index (χ3v) is 3.44. The van der Waals surface area contributed by atoms with E-state index >= 15 is 0 Å². The molecule has 5 nitrogen and oxygen atoms in total. The maximum Gasteiger partial charge on any atom is 0.275 e. The number of rotatable bonds is 2. The first-order valence-corrected chi connectivity index (χ1v) is 6.21. The van der Waals surface area contributed by atoms with Crippen LogP contribution in [0.3, 0.4) is 0 Å². The summed E-state index contributed by atoms with van der Waals surface area (Å²) in [7, 11) is 0. The Morgan fingerprint density at radius 1 is 1.44 bits per heavy atom. The molecule has 1 aromatic carbocycles. The first kappa shape index (κ1) is 10.9. The van der Waals surface area contributed by atoms with E-state index in [4.69, 9.17) is 0 Å². The van der Waals surface area contributed by atoms with E-state index in [0.29, 0.717) is 10.8 Å². The number of anilines is 1. The highest BCUT2D eigenvalue weighted by Gasteiger charge is 2.10. The molecule has 0 aliphatic carbocycles. The van der Waals surface area contributed by atoms with Gasteiger partial charge in [-0.1, -0.05) is 17.4 Å². The molecule has 3 rings (SSSR count). The number of hydrogen-bond donors (Lipinski definition) is 2. The fraction of sp³-hybridized carbons (Fsp3) is 0.0833. The van der Waals surface area contributed by atoms with Gasteiger partial charge in [-0.2, -0.15) is 0 Å². The molecule has 0 bridgehead atoms. The maximum atomic E-state index is 11.8. The van der Waals surface area contributed by atoms with Crippen LogP contribution in [0.1, 0.15) is 16.1 Å². The number of aromatic nitrogens is 3. The smallest absolute Gasteiger partial charge is 0.275 e. The molecular weight excluding hydrogens is 248 g/mol. The number of aromatic amines is 1. The highest BCUT2D eigenvalue weighted by atomic mass is 32.1. The number of benzene rings is 1. The van der Waals surface area contributed by atoms with Crippen LogP contribution in [0, 0.1) is 6.92 Å². The van der Waals surface area contributed by atoms with E-state index in [9.17, 15) is 4.79 Å². The van der Waals surface area contributed by atoms with Gasteiger partial charge in [-0.05, 0) is 24.6 Å². The Morgan fingerprint density at radius 3 is 3.11 bits per heavy atom. The number of nitrogens with zero attached hydrogens (tertiary/aromatic N) is 2. The molecular formula is C12H10N4OS. The van der Waals surface area contributed by atoms with Crippen LogP contribution < -0.4 is 5.32 Å². The number of fused-ring (bicyclic) bond motifs is 1. The van der Waals surface area contributed by atoms with Gasteiger partial charge in [0.15, 0.2) is 5.13 Å². The van der Waals surface area contributed by atoms with Crippen molar-refractivity contribution >= 4 is 32.6 Å². The van der Waals surface area contributed by atoms with Crippen molar-refractivity contribution in [3.8, 4) is 0 Å². The third-order valence-electron chi connectivity index (χ3n) is 2.51. The van der Waals surface area contributed by atoms with Crippen LogP contribution >= 0.6 is 11.3 Å². The van der Waals surface area contributed by atoms with Crippen LogP contribution in [0.2, 0.25) is 0 Å². The molecule has 0 radical (unpaired) electrons. The number of hydrogen-bond acceptors (Lipinski definition) is 4. The molecule has 0 fully saturated rings. The van der Waals surface area contributed by atoms with E-state index in [2.05, 4.69) is 26.3 Å². The Labute approximate surface area is 107 Å². The van der Waals surface area contributed by atoms with Crippen molar-refractivity contribution in [3.63, 3.8) is 0 Å². The van der Waals surface area contributed by atoms with Crippen LogP contribution in [-0.2, 0) is 0 Å². The number of H-pyrrole nitrogens is 1. The second-order valence-electron chi connectivity index (χ2n) is 3.91. The van der Waals surface area contributed by atoms with E-state index in [-0.39, 0.29) is 5.91 Å². The minimum atomic E-state index is -0.233. The lowest BCUT2D eigenvalue weighted by molar-refractivity contribution is 0.102. The summed E-state index contributed by atoms with van der Waals surface area (Å²) in [6.07, 6.45) is 2.95. The molecule has 90 valence electrons. The number of nitrogens with one attached hydrogen (secondary N) is 2. The van der Waals surface area contributed by atoms with Gasteiger partial charge in [-0.25, -0.2) is 9.97 Å². The van der Waals surface area contributed by atoms with Gasteiger partial charge in [0.2, 0.25) is 0 Å². The molecule has 3 aromatic rings. The highest BCUT2D eigenvalue weighted by Crippen LogP contribution is 2.26. The van der Waals surface area contributed by atoms with Gasteiger partial charge in [-0.15, -0.1) is 0 Å². The van der Waals surface area contributed by atoms with Crippen molar-refractivity contribution in [1.29, 1.82) is 0 Å². The number of aryl methyl sites for hydroxylation is 1.